The number of ether oxygens (including phenoxy) is 1. The van der Waals surface area contributed by atoms with Crippen molar-refractivity contribution in [2.75, 3.05) is 26.2 Å². The first kappa shape index (κ1) is 23.2. The lowest BCUT2D eigenvalue weighted by molar-refractivity contribution is 0.101. The molecule has 1 fully saturated rings. The molecule has 1 aromatic heterocycles. The molecule has 4 rings (SSSR count). The Morgan fingerprint density at radius 2 is 1.73 bits per heavy atom. The summed E-state index contributed by atoms with van der Waals surface area (Å²) >= 11 is 11.9. The maximum Gasteiger partial charge on any atom is 0.344 e. The third kappa shape index (κ3) is 5.71. The summed E-state index contributed by atoms with van der Waals surface area (Å²) in [5.41, 5.74) is 0.843. The van der Waals surface area contributed by atoms with Gasteiger partial charge < -0.3 is 9.64 Å². The molecule has 0 saturated carbocycles. The van der Waals surface area contributed by atoms with E-state index in [1.54, 1.807) is 35.2 Å². The molecule has 0 aliphatic carbocycles. The summed E-state index contributed by atoms with van der Waals surface area (Å²) in [6, 6.07) is 11.1. The Morgan fingerprint density at radius 1 is 1.03 bits per heavy atom. The van der Waals surface area contributed by atoms with Crippen molar-refractivity contribution < 1.29 is 18.7 Å². The molecule has 1 amide bonds. The second-order valence-electron chi connectivity index (χ2n) is 7.72. The Hall–Kier alpha value is -2.94. The Balaban J connectivity index is 1.36. The number of rotatable bonds is 5. The molecule has 0 atom stereocenters. The van der Waals surface area contributed by atoms with Crippen LogP contribution in [0.3, 0.4) is 0 Å². The minimum Gasteiger partial charge on any atom is -0.457 e. The summed E-state index contributed by atoms with van der Waals surface area (Å²) in [5.74, 6) is 0.278. The van der Waals surface area contributed by atoms with Gasteiger partial charge in [-0.1, -0.05) is 23.2 Å². The number of hydrogen-bond acceptors (Lipinski definition) is 5. The highest BCUT2D eigenvalue weighted by Gasteiger charge is 2.24. The van der Waals surface area contributed by atoms with E-state index in [0.29, 0.717) is 49.2 Å². The van der Waals surface area contributed by atoms with Gasteiger partial charge >= 0.3 is 6.03 Å². The minimum absolute atomic E-state index is 0.0754. The van der Waals surface area contributed by atoms with E-state index in [0.717, 1.165) is 10.2 Å². The number of carbonyl (C=O) groups is 2. The average Bonchev–Trinajstić information content (AvgIpc) is 3.17. The number of Topliss-reactive ketones (excluding diaryl/α,β-unsaturated/α-hetero) is 1. The van der Waals surface area contributed by atoms with Gasteiger partial charge in [-0.25, -0.2) is 9.18 Å². The van der Waals surface area contributed by atoms with Gasteiger partial charge in [0.1, 0.15) is 23.0 Å². The smallest absolute Gasteiger partial charge is 0.344 e. The molecule has 0 radical (unpaired) electrons. The van der Waals surface area contributed by atoms with Gasteiger partial charge in [0.25, 0.3) is 0 Å². The van der Waals surface area contributed by atoms with E-state index in [-0.39, 0.29) is 28.3 Å². The van der Waals surface area contributed by atoms with Gasteiger partial charge in [0, 0.05) is 50.7 Å². The van der Waals surface area contributed by atoms with Gasteiger partial charge in [0.2, 0.25) is 0 Å². The highest BCUT2D eigenvalue weighted by molar-refractivity contribution is 6.33. The zero-order chi connectivity index (χ0) is 23.5. The Bertz CT molecular complexity index is 1170. The van der Waals surface area contributed by atoms with Gasteiger partial charge in [-0.15, -0.1) is 0 Å². The van der Waals surface area contributed by atoms with Gasteiger partial charge in [-0.3, -0.25) is 9.69 Å². The number of benzene rings is 2. The Labute approximate surface area is 200 Å². The number of carbonyl (C=O) groups excluding carboxylic acids is 2. The summed E-state index contributed by atoms with van der Waals surface area (Å²) in [7, 11) is 0. The summed E-state index contributed by atoms with van der Waals surface area (Å²) in [6.07, 6.45) is 1.35. The van der Waals surface area contributed by atoms with Crippen LogP contribution in [0.15, 0.2) is 48.7 Å². The zero-order valence-electron chi connectivity index (χ0n) is 17.8. The normalized spacial score (nSPS) is 14.4. The van der Waals surface area contributed by atoms with Crippen LogP contribution in [-0.4, -0.2) is 57.6 Å². The molecule has 33 heavy (non-hydrogen) atoms. The van der Waals surface area contributed by atoms with E-state index < -0.39 is 0 Å². The van der Waals surface area contributed by atoms with Crippen LogP contribution < -0.4 is 4.74 Å². The van der Waals surface area contributed by atoms with E-state index in [2.05, 4.69) is 10.00 Å². The van der Waals surface area contributed by atoms with Crippen molar-refractivity contribution in [3.8, 4) is 11.5 Å². The topological polar surface area (TPSA) is 67.7 Å². The van der Waals surface area contributed by atoms with Crippen LogP contribution in [0, 0.1) is 5.82 Å². The molecule has 0 unspecified atom stereocenters. The highest BCUT2D eigenvalue weighted by atomic mass is 35.5. The summed E-state index contributed by atoms with van der Waals surface area (Å²) in [4.78, 5) is 28.0. The van der Waals surface area contributed by atoms with Crippen molar-refractivity contribution in [1.82, 2.24) is 19.6 Å². The van der Waals surface area contributed by atoms with Crippen molar-refractivity contribution in [3.63, 3.8) is 0 Å². The second-order valence-corrected chi connectivity index (χ2v) is 8.57. The molecule has 1 aliphatic heterocycles. The van der Waals surface area contributed by atoms with Crippen LogP contribution in [0.5, 0.6) is 11.5 Å². The molecule has 0 N–H and O–H groups in total. The predicted octanol–water partition coefficient (Wildman–Crippen LogP) is 5.11. The molecule has 7 nitrogen and oxygen atoms in total. The molecule has 2 heterocycles. The van der Waals surface area contributed by atoms with E-state index in [1.807, 2.05) is 0 Å². The van der Waals surface area contributed by atoms with Gasteiger partial charge in [0.15, 0.2) is 5.78 Å². The number of piperazine rings is 1. The first-order valence-corrected chi connectivity index (χ1v) is 11.0. The van der Waals surface area contributed by atoms with E-state index in [9.17, 15) is 14.0 Å². The number of halogens is 3. The standard InChI is InChI=1S/C23H21Cl2FN4O3/c1-15(31)22-21(25)14-30(27-22)23(32)29-8-6-28(7-9-29)13-16-10-18(26)12-20(11-16)33-19-4-2-17(24)3-5-19/h2-5,10-12,14H,6-9,13H2,1H3. The molecular formula is C23H21Cl2FN4O3. The minimum atomic E-state index is -0.387. The molecular weight excluding hydrogens is 470 g/mol. The van der Waals surface area contributed by atoms with Crippen molar-refractivity contribution >= 4 is 35.0 Å². The van der Waals surface area contributed by atoms with Crippen molar-refractivity contribution in [1.29, 1.82) is 0 Å². The number of hydrogen-bond donors (Lipinski definition) is 0. The summed E-state index contributed by atoms with van der Waals surface area (Å²) < 4.78 is 21.0. The van der Waals surface area contributed by atoms with Gasteiger partial charge in [-0.2, -0.15) is 9.78 Å². The lowest BCUT2D eigenvalue weighted by Gasteiger charge is -2.34. The zero-order valence-corrected chi connectivity index (χ0v) is 19.3. The third-order valence-electron chi connectivity index (χ3n) is 5.23. The van der Waals surface area contributed by atoms with Crippen LogP contribution in [0.2, 0.25) is 10.0 Å². The van der Waals surface area contributed by atoms with Crippen molar-refractivity contribution in [3.05, 3.63) is 75.8 Å². The first-order chi connectivity index (χ1) is 15.8. The maximum atomic E-state index is 14.2. The van der Waals surface area contributed by atoms with Crippen molar-refractivity contribution in [2.45, 2.75) is 13.5 Å². The number of ketones is 1. The average molecular weight is 491 g/mol. The molecule has 1 saturated heterocycles. The largest absolute Gasteiger partial charge is 0.457 e. The van der Waals surface area contributed by atoms with Gasteiger partial charge in [0.05, 0.1) is 11.2 Å². The van der Waals surface area contributed by atoms with Crippen molar-refractivity contribution in [2.24, 2.45) is 0 Å². The molecule has 3 aromatic rings. The first-order valence-electron chi connectivity index (χ1n) is 10.3. The predicted molar refractivity (Wildman–Crippen MR) is 123 cm³/mol. The monoisotopic (exact) mass is 490 g/mol. The Morgan fingerprint density at radius 3 is 2.36 bits per heavy atom. The van der Waals surface area contributed by atoms with E-state index >= 15 is 0 Å². The lowest BCUT2D eigenvalue weighted by Crippen LogP contribution is -2.49. The van der Waals surface area contributed by atoms with Crippen LogP contribution in [0.1, 0.15) is 23.0 Å². The molecule has 1 aliphatic rings. The fraction of sp³-hybridized carbons (Fsp3) is 0.261. The van der Waals surface area contributed by atoms with E-state index in [1.165, 1.54) is 25.3 Å². The summed E-state index contributed by atoms with van der Waals surface area (Å²) in [5, 5.41) is 4.74. The fourth-order valence-electron chi connectivity index (χ4n) is 3.60. The third-order valence-corrected chi connectivity index (χ3v) is 5.76. The van der Waals surface area contributed by atoms with E-state index in [4.69, 9.17) is 27.9 Å². The quantitative estimate of drug-likeness (QED) is 0.464. The van der Waals surface area contributed by atoms with Crippen LogP contribution >= 0.6 is 23.2 Å². The highest BCUT2D eigenvalue weighted by Crippen LogP contribution is 2.26. The van der Waals surface area contributed by atoms with Crippen LogP contribution in [0.25, 0.3) is 0 Å². The lowest BCUT2D eigenvalue weighted by atomic mass is 10.1. The van der Waals surface area contributed by atoms with Crippen LogP contribution in [0.4, 0.5) is 9.18 Å². The number of amides is 1. The molecule has 2 aromatic carbocycles. The van der Waals surface area contributed by atoms with Gasteiger partial charge in [-0.05, 0) is 42.0 Å². The van der Waals surface area contributed by atoms with Crippen LogP contribution in [-0.2, 0) is 6.54 Å². The molecule has 10 heteroatoms. The molecule has 0 spiro atoms. The second kappa shape index (κ2) is 9.91. The number of aromatic nitrogens is 2. The fourth-order valence-corrected chi connectivity index (χ4v) is 3.99. The molecule has 0 bridgehead atoms. The molecule has 172 valence electrons. The Kier molecular flexibility index (Phi) is 6.97. The summed E-state index contributed by atoms with van der Waals surface area (Å²) in [6.45, 7) is 4.00. The maximum absolute atomic E-state index is 14.2. The SMILES string of the molecule is CC(=O)c1nn(C(=O)N2CCN(Cc3cc(F)cc(Oc4ccc(Cl)cc4)c3)CC2)cc1Cl. The number of nitrogens with zero attached hydrogens (tertiary/aromatic N) is 4.